The van der Waals surface area contributed by atoms with E-state index in [0.29, 0.717) is 18.6 Å². The van der Waals surface area contributed by atoms with Crippen molar-refractivity contribution >= 4 is 22.6 Å². The summed E-state index contributed by atoms with van der Waals surface area (Å²) in [5.74, 6) is -0.286. The number of carbonyl (C=O) groups is 1. The van der Waals surface area contributed by atoms with Crippen molar-refractivity contribution < 1.29 is 4.79 Å². The first-order valence-corrected chi connectivity index (χ1v) is 9.53. The molecule has 1 saturated heterocycles. The van der Waals surface area contributed by atoms with Crippen molar-refractivity contribution in [2.75, 3.05) is 31.1 Å². The Labute approximate surface area is 164 Å². The van der Waals surface area contributed by atoms with Crippen molar-refractivity contribution in [1.29, 1.82) is 0 Å². The smallest absolute Gasteiger partial charge is 0.282 e. The number of nitrogens with zero attached hydrogens (tertiary/aromatic N) is 4. The van der Waals surface area contributed by atoms with Crippen LogP contribution in [0, 0.1) is 13.8 Å². The first kappa shape index (κ1) is 18.2. The monoisotopic (exact) mass is 376 g/mol. The van der Waals surface area contributed by atoms with Gasteiger partial charge in [0.25, 0.3) is 11.5 Å². The lowest BCUT2D eigenvalue weighted by molar-refractivity contribution is 0.0738. The highest BCUT2D eigenvalue weighted by atomic mass is 16.2. The molecule has 2 heterocycles. The van der Waals surface area contributed by atoms with Crippen molar-refractivity contribution in [2.45, 2.75) is 13.8 Å². The molecule has 0 saturated carbocycles. The standard InChI is InChI=1S/C22H24N4O2/c1-15-8-9-18(16(2)14-15)25-10-12-26(13-11-25)22(28)20-21(27)24(3)19-7-5-4-6-17(19)23-20/h4-9,14H,10-13H2,1-3H3. The average Bonchev–Trinajstić information content (AvgIpc) is 2.70. The number of para-hydroxylation sites is 2. The van der Waals surface area contributed by atoms with Crippen LogP contribution in [0.25, 0.3) is 11.0 Å². The van der Waals surface area contributed by atoms with Gasteiger partial charge in [-0.2, -0.15) is 0 Å². The summed E-state index contributed by atoms with van der Waals surface area (Å²) in [5, 5.41) is 0. The van der Waals surface area contributed by atoms with Gasteiger partial charge < -0.3 is 14.4 Å². The first-order chi connectivity index (χ1) is 13.5. The molecule has 0 unspecified atom stereocenters. The molecule has 0 atom stereocenters. The van der Waals surface area contributed by atoms with Crippen LogP contribution in [-0.4, -0.2) is 46.5 Å². The Kier molecular flexibility index (Phi) is 4.63. The topological polar surface area (TPSA) is 58.4 Å². The van der Waals surface area contributed by atoms with Gasteiger partial charge in [-0.1, -0.05) is 29.8 Å². The lowest BCUT2D eigenvalue weighted by Gasteiger charge is -2.36. The maximum atomic E-state index is 13.0. The number of aryl methyl sites for hydroxylation is 3. The molecule has 3 aromatic rings. The van der Waals surface area contributed by atoms with Crippen molar-refractivity contribution in [2.24, 2.45) is 7.05 Å². The Hall–Kier alpha value is -3.15. The number of anilines is 1. The number of carbonyl (C=O) groups excluding carboxylic acids is 1. The maximum absolute atomic E-state index is 13.0. The molecule has 0 spiro atoms. The van der Waals surface area contributed by atoms with Gasteiger partial charge in [0.05, 0.1) is 11.0 Å². The number of hydrogen-bond acceptors (Lipinski definition) is 4. The van der Waals surface area contributed by atoms with Gasteiger partial charge in [-0.25, -0.2) is 4.98 Å². The number of amides is 1. The minimum Gasteiger partial charge on any atom is -0.368 e. The molecule has 2 aromatic carbocycles. The van der Waals surface area contributed by atoms with Crippen LogP contribution < -0.4 is 10.5 Å². The molecule has 1 aliphatic rings. The summed E-state index contributed by atoms with van der Waals surface area (Å²) in [6.45, 7) is 6.83. The third kappa shape index (κ3) is 3.15. The predicted molar refractivity (Wildman–Crippen MR) is 111 cm³/mol. The van der Waals surface area contributed by atoms with Gasteiger partial charge in [0.2, 0.25) is 0 Å². The molecule has 1 fully saturated rings. The number of hydrogen-bond donors (Lipinski definition) is 0. The molecule has 0 N–H and O–H groups in total. The number of aromatic nitrogens is 2. The largest absolute Gasteiger partial charge is 0.368 e. The van der Waals surface area contributed by atoms with Crippen LogP contribution in [0.5, 0.6) is 0 Å². The SMILES string of the molecule is Cc1ccc(N2CCN(C(=O)c3nc4ccccc4n(C)c3=O)CC2)c(C)c1. The van der Waals surface area contributed by atoms with E-state index in [0.717, 1.165) is 18.6 Å². The van der Waals surface area contributed by atoms with Crippen molar-refractivity contribution in [3.05, 3.63) is 69.6 Å². The molecule has 6 nitrogen and oxygen atoms in total. The Morgan fingerprint density at radius 1 is 1.00 bits per heavy atom. The van der Waals surface area contributed by atoms with Crippen LogP contribution in [-0.2, 0) is 7.05 Å². The number of piperazine rings is 1. The van der Waals surface area contributed by atoms with E-state index in [9.17, 15) is 9.59 Å². The summed E-state index contributed by atoms with van der Waals surface area (Å²) in [6.07, 6.45) is 0. The van der Waals surface area contributed by atoms with Crippen molar-refractivity contribution in [3.8, 4) is 0 Å². The second-order valence-electron chi connectivity index (χ2n) is 7.38. The summed E-state index contributed by atoms with van der Waals surface area (Å²) < 4.78 is 1.50. The fourth-order valence-electron chi connectivity index (χ4n) is 3.88. The van der Waals surface area contributed by atoms with Crippen LogP contribution >= 0.6 is 0 Å². The van der Waals surface area contributed by atoms with Crippen LogP contribution in [0.2, 0.25) is 0 Å². The van der Waals surface area contributed by atoms with Crippen LogP contribution in [0.15, 0.2) is 47.3 Å². The van der Waals surface area contributed by atoms with E-state index in [1.807, 2.05) is 24.3 Å². The first-order valence-electron chi connectivity index (χ1n) is 9.53. The highest BCUT2D eigenvalue weighted by Gasteiger charge is 2.26. The molecular weight excluding hydrogens is 352 g/mol. The van der Waals surface area contributed by atoms with E-state index in [4.69, 9.17) is 0 Å². The van der Waals surface area contributed by atoms with E-state index in [1.54, 1.807) is 11.9 Å². The fourth-order valence-corrected chi connectivity index (χ4v) is 3.88. The van der Waals surface area contributed by atoms with E-state index >= 15 is 0 Å². The zero-order valence-corrected chi connectivity index (χ0v) is 16.5. The molecule has 1 amide bonds. The minimum atomic E-state index is -0.347. The third-order valence-corrected chi connectivity index (χ3v) is 5.44. The van der Waals surface area contributed by atoms with Gasteiger partial charge in [-0.15, -0.1) is 0 Å². The maximum Gasteiger partial charge on any atom is 0.282 e. The third-order valence-electron chi connectivity index (χ3n) is 5.44. The van der Waals surface area contributed by atoms with E-state index in [-0.39, 0.29) is 17.2 Å². The summed E-state index contributed by atoms with van der Waals surface area (Å²) in [5.41, 5.74) is 4.72. The van der Waals surface area contributed by atoms with Gasteiger partial charge in [0.15, 0.2) is 5.69 Å². The zero-order chi connectivity index (χ0) is 19.8. The highest BCUT2D eigenvalue weighted by molar-refractivity contribution is 5.94. The summed E-state index contributed by atoms with van der Waals surface area (Å²) in [4.78, 5) is 34.1. The molecule has 0 radical (unpaired) electrons. The zero-order valence-electron chi connectivity index (χ0n) is 16.5. The number of benzene rings is 2. The van der Waals surface area contributed by atoms with Gasteiger partial charge in [0, 0.05) is 38.9 Å². The molecule has 1 aliphatic heterocycles. The molecular formula is C22H24N4O2. The molecule has 144 valence electrons. The van der Waals surface area contributed by atoms with E-state index in [2.05, 4.69) is 41.9 Å². The van der Waals surface area contributed by atoms with Gasteiger partial charge >= 0.3 is 0 Å². The molecule has 0 aliphatic carbocycles. The quantitative estimate of drug-likeness (QED) is 0.690. The summed E-state index contributed by atoms with van der Waals surface area (Å²) in [6, 6.07) is 13.8. The molecule has 6 heteroatoms. The summed E-state index contributed by atoms with van der Waals surface area (Å²) in [7, 11) is 1.68. The van der Waals surface area contributed by atoms with Crippen LogP contribution in [0.1, 0.15) is 21.6 Å². The van der Waals surface area contributed by atoms with Crippen molar-refractivity contribution in [1.82, 2.24) is 14.5 Å². The van der Waals surface area contributed by atoms with Gasteiger partial charge in [-0.05, 0) is 37.6 Å². The Balaban J connectivity index is 1.55. The Morgan fingerprint density at radius 3 is 2.43 bits per heavy atom. The van der Waals surface area contributed by atoms with E-state index in [1.165, 1.54) is 21.4 Å². The molecule has 0 bridgehead atoms. The highest BCUT2D eigenvalue weighted by Crippen LogP contribution is 2.22. The molecule has 1 aromatic heterocycles. The minimum absolute atomic E-state index is 0.00108. The Bertz CT molecular complexity index is 1110. The van der Waals surface area contributed by atoms with Crippen LogP contribution in [0.4, 0.5) is 5.69 Å². The second-order valence-corrected chi connectivity index (χ2v) is 7.38. The molecule has 4 rings (SSSR count). The van der Waals surface area contributed by atoms with Gasteiger partial charge in [-0.3, -0.25) is 9.59 Å². The normalized spacial score (nSPS) is 14.5. The molecule has 28 heavy (non-hydrogen) atoms. The number of rotatable bonds is 2. The van der Waals surface area contributed by atoms with E-state index < -0.39 is 0 Å². The summed E-state index contributed by atoms with van der Waals surface area (Å²) >= 11 is 0. The average molecular weight is 376 g/mol. The lowest BCUT2D eigenvalue weighted by atomic mass is 10.1. The van der Waals surface area contributed by atoms with Crippen molar-refractivity contribution in [3.63, 3.8) is 0 Å². The van der Waals surface area contributed by atoms with Gasteiger partial charge in [0.1, 0.15) is 0 Å². The van der Waals surface area contributed by atoms with Crippen LogP contribution in [0.3, 0.4) is 0 Å². The number of fused-ring (bicyclic) bond motifs is 1. The lowest BCUT2D eigenvalue weighted by Crippen LogP contribution is -2.50. The fraction of sp³-hybridized carbons (Fsp3) is 0.318. The second kappa shape index (κ2) is 7.11. The Morgan fingerprint density at radius 2 is 1.71 bits per heavy atom. The predicted octanol–water partition coefficient (Wildman–Crippen LogP) is 2.51.